The molecule has 2 heterocycles. The molecule has 0 bridgehead atoms. The van der Waals surface area contributed by atoms with Crippen LogP contribution < -0.4 is 5.32 Å². The van der Waals surface area contributed by atoms with Crippen LogP contribution in [0.5, 0.6) is 0 Å². The molecule has 0 unspecified atom stereocenters. The molecule has 2 aromatic carbocycles. The van der Waals surface area contributed by atoms with Crippen molar-refractivity contribution in [3.05, 3.63) is 76.7 Å². The average molecular weight is 405 g/mol. The summed E-state index contributed by atoms with van der Waals surface area (Å²) in [5, 5.41) is 20.9. The molecule has 0 atom stereocenters. The quantitative estimate of drug-likeness (QED) is 0.485. The molecule has 0 amide bonds. The summed E-state index contributed by atoms with van der Waals surface area (Å²) in [6.45, 7) is 6.01. The van der Waals surface area contributed by atoms with Crippen molar-refractivity contribution in [2.75, 3.05) is 5.32 Å². The monoisotopic (exact) mass is 405 g/mol. The number of hydrogen-bond donors (Lipinski definition) is 1. The number of nitrogens with one attached hydrogen (secondary N) is 1. The third kappa shape index (κ3) is 3.85. The lowest BCUT2D eigenvalue weighted by Crippen LogP contribution is -2.05. The van der Waals surface area contributed by atoms with Gasteiger partial charge in [-0.3, -0.25) is 4.57 Å². The van der Waals surface area contributed by atoms with Crippen molar-refractivity contribution in [1.82, 2.24) is 19.5 Å². The number of imidazole rings is 1. The van der Waals surface area contributed by atoms with E-state index in [-0.39, 0.29) is 0 Å². The second-order valence-electron chi connectivity index (χ2n) is 7.18. The van der Waals surface area contributed by atoms with Gasteiger partial charge in [-0.25, -0.2) is 9.97 Å². The van der Waals surface area contributed by atoms with Crippen molar-refractivity contribution >= 4 is 28.9 Å². The van der Waals surface area contributed by atoms with Gasteiger partial charge in [0.1, 0.15) is 11.3 Å². The zero-order chi connectivity index (χ0) is 22.0. The van der Waals surface area contributed by atoms with Gasteiger partial charge in [0.2, 0.25) is 5.95 Å². The maximum atomic E-state index is 8.96. The van der Waals surface area contributed by atoms with E-state index in [2.05, 4.69) is 21.4 Å². The number of rotatable bonds is 4. The SMILES string of the molecule is Cc1cc(/C=C/C#N)cc(C)c1-n1c(C)nc2cnc(Nc3ccc(C#N)cc3)nc21. The molecule has 31 heavy (non-hydrogen) atoms. The highest BCUT2D eigenvalue weighted by atomic mass is 15.2. The third-order valence-corrected chi connectivity index (χ3v) is 4.93. The second kappa shape index (κ2) is 8.10. The molecule has 0 aliphatic carbocycles. The Bertz CT molecular complexity index is 1370. The zero-order valence-electron chi connectivity index (χ0n) is 17.4. The van der Waals surface area contributed by atoms with Gasteiger partial charge in [-0.15, -0.1) is 0 Å². The van der Waals surface area contributed by atoms with Gasteiger partial charge in [0.25, 0.3) is 0 Å². The lowest BCUT2D eigenvalue weighted by atomic mass is 10.0. The van der Waals surface area contributed by atoms with Crippen LogP contribution in [0.1, 0.15) is 28.1 Å². The lowest BCUT2D eigenvalue weighted by molar-refractivity contribution is 0.964. The molecule has 2 aromatic heterocycles. The van der Waals surface area contributed by atoms with Gasteiger partial charge in [0, 0.05) is 11.8 Å². The lowest BCUT2D eigenvalue weighted by Gasteiger charge is -2.15. The molecule has 150 valence electrons. The van der Waals surface area contributed by atoms with E-state index in [0.717, 1.165) is 33.9 Å². The van der Waals surface area contributed by atoms with E-state index < -0.39 is 0 Å². The second-order valence-corrected chi connectivity index (χ2v) is 7.18. The molecule has 7 nitrogen and oxygen atoms in total. The van der Waals surface area contributed by atoms with Crippen LogP contribution in [-0.2, 0) is 0 Å². The fourth-order valence-electron chi connectivity index (χ4n) is 3.64. The first-order valence-corrected chi connectivity index (χ1v) is 9.67. The van der Waals surface area contributed by atoms with Crippen LogP contribution in [0.4, 0.5) is 11.6 Å². The molecular formula is C24H19N7. The van der Waals surface area contributed by atoms with Gasteiger partial charge in [-0.1, -0.05) is 0 Å². The highest BCUT2D eigenvalue weighted by Gasteiger charge is 2.16. The largest absolute Gasteiger partial charge is 0.324 e. The van der Waals surface area contributed by atoms with Crippen LogP contribution in [0.25, 0.3) is 22.9 Å². The van der Waals surface area contributed by atoms with Crippen molar-refractivity contribution in [2.24, 2.45) is 0 Å². The minimum absolute atomic E-state index is 0.447. The van der Waals surface area contributed by atoms with Gasteiger partial charge >= 0.3 is 0 Å². The fraction of sp³-hybridized carbons (Fsp3) is 0.125. The van der Waals surface area contributed by atoms with Gasteiger partial charge in [0.15, 0.2) is 5.65 Å². The van der Waals surface area contributed by atoms with Crippen LogP contribution in [0.3, 0.4) is 0 Å². The predicted molar refractivity (Wildman–Crippen MR) is 120 cm³/mol. The fourth-order valence-corrected chi connectivity index (χ4v) is 3.64. The number of nitrogens with zero attached hydrogens (tertiary/aromatic N) is 6. The van der Waals surface area contributed by atoms with E-state index in [1.807, 2.05) is 55.7 Å². The summed E-state index contributed by atoms with van der Waals surface area (Å²) in [6.07, 6.45) is 4.97. The standard InChI is InChI=1S/C24H19N7/c1-15-11-19(5-4-10-25)12-16(2)22(15)31-17(3)28-21-14-27-24(30-23(21)31)29-20-8-6-18(13-26)7-9-20/h4-9,11-12,14H,1-3H3,(H,27,29,30)/b5-4+. The molecule has 0 saturated carbocycles. The molecule has 0 aliphatic heterocycles. The highest BCUT2D eigenvalue weighted by molar-refractivity contribution is 5.76. The van der Waals surface area contributed by atoms with Gasteiger partial charge in [-0.05, 0) is 79.9 Å². The van der Waals surface area contributed by atoms with Crippen LogP contribution in [-0.4, -0.2) is 19.5 Å². The van der Waals surface area contributed by atoms with Crippen molar-refractivity contribution in [3.63, 3.8) is 0 Å². The number of aryl methyl sites for hydroxylation is 3. The number of hydrogen-bond acceptors (Lipinski definition) is 6. The van der Waals surface area contributed by atoms with E-state index in [0.29, 0.717) is 22.7 Å². The van der Waals surface area contributed by atoms with Crippen molar-refractivity contribution in [3.8, 4) is 17.8 Å². The van der Waals surface area contributed by atoms with Crippen molar-refractivity contribution in [2.45, 2.75) is 20.8 Å². The number of allylic oxidation sites excluding steroid dienone is 1. The summed E-state index contributed by atoms with van der Waals surface area (Å²) in [5.74, 6) is 1.26. The minimum atomic E-state index is 0.447. The Hall–Kier alpha value is -4.49. The van der Waals surface area contributed by atoms with Crippen molar-refractivity contribution < 1.29 is 0 Å². The first kappa shape index (κ1) is 19.8. The van der Waals surface area contributed by atoms with Crippen LogP contribution in [0, 0.1) is 43.4 Å². The smallest absolute Gasteiger partial charge is 0.229 e. The summed E-state index contributed by atoms with van der Waals surface area (Å²) in [7, 11) is 0. The summed E-state index contributed by atoms with van der Waals surface area (Å²) >= 11 is 0. The molecule has 0 aliphatic rings. The maximum absolute atomic E-state index is 8.96. The van der Waals surface area contributed by atoms with Crippen LogP contribution in [0.15, 0.2) is 48.7 Å². The summed E-state index contributed by atoms with van der Waals surface area (Å²) < 4.78 is 2.03. The Kier molecular flexibility index (Phi) is 5.17. The van der Waals surface area contributed by atoms with E-state index >= 15 is 0 Å². The number of aromatic nitrogens is 4. The Morgan fingerprint density at radius 2 is 1.71 bits per heavy atom. The molecular weight excluding hydrogens is 386 g/mol. The number of benzene rings is 2. The third-order valence-electron chi connectivity index (χ3n) is 4.93. The summed E-state index contributed by atoms with van der Waals surface area (Å²) in [5.41, 5.74) is 6.89. The van der Waals surface area contributed by atoms with Gasteiger partial charge < -0.3 is 5.32 Å². The van der Waals surface area contributed by atoms with E-state index in [1.54, 1.807) is 24.4 Å². The molecule has 4 aromatic rings. The van der Waals surface area contributed by atoms with Gasteiger partial charge in [0.05, 0.1) is 29.6 Å². The number of fused-ring (bicyclic) bond motifs is 1. The Balaban J connectivity index is 1.79. The molecule has 0 radical (unpaired) electrons. The Labute approximate surface area is 180 Å². The molecule has 1 N–H and O–H groups in total. The Morgan fingerprint density at radius 3 is 2.35 bits per heavy atom. The van der Waals surface area contributed by atoms with Crippen molar-refractivity contribution in [1.29, 1.82) is 10.5 Å². The van der Waals surface area contributed by atoms with Crippen LogP contribution in [0.2, 0.25) is 0 Å². The minimum Gasteiger partial charge on any atom is -0.324 e. The summed E-state index contributed by atoms with van der Waals surface area (Å²) in [4.78, 5) is 13.7. The molecule has 0 saturated heterocycles. The normalized spacial score (nSPS) is 10.9. The van der Waals surface area contributed by atoms with Crippen LogP contribution >= 0.6 is 0 Å². The van der Waals surface area contributed by atoms with E-state index in [1.165, 1.54) is 6.08 Å². The molecule has 0 spiro atoms. The maximum Gasteiger partial charge on any atom is 0.229 e. The van der Waals surface area contributed by atoms with E-state index in [9.17, 15) is 0 Å². The number of anilines is 2. The topological polar surface area (TPSA) is 103 Å². The van der Waals surface area contributed by atoms with E-state index in [4.69, 9.17) is 15.5 Å². The highest BCUT2D eigenvalue weighted by Crippen LogP contribution is 2.27. The zero-order valence-corrected chi connectivity index (χ0v) is 17.4. The number of nitriles is 2. The first-order chi connectivity index (χ1) is 15.0. The molecule has 0 fully saturated rings. The average Bonchev–Trinajstić information content (AvgIpc) is 3.07. The summed E-state index contributed by atoms with van der Waals surface area (Å²) in [6, 6.07) is 15.3. The first-order valence-electron chi connectivity index (χ1n) is 9.67. The van der Waals surface area contributed by atoms with Gasteiger partial charge in [-0.2, -0.15) is 15.5 Å². The molecule has 7 heteroatoms. The predicted octanol–water partition coefficient (Wildman–Crippen LogP) is 4.89. The Morgan fingerprint density at radius 1 is 1.00 bits per heavy atom. The molecule has 4 rings (SSSR count).